The third-order valence-electron chi connectivity index (χ3n) is 6.32. The average Bonchev–Trinajstić information content (AvgIpc) is 2.85. The molecule has 0 aliphatic heterocycles. The lowest BCUT2D eigenvalue weighted by atomic mass is 9.95. The van der Waals surface area contributed by atoms with Crippen LogP contribution in [0.15, 0.2) is 35.1 Å². The van der Waals surface area contributed by atoms with Gasteiger partial charge in [0, 0.05) is 40.2 Å². The Morgan fingerprint density at radius 2 is 1.50 bits per heavy atom. The molecule has 7 heteroatoms. The summed E-state index contributed by atoms with van der Waals surface area (Å²) in [5.74, 6) is 0.902. The molecule has 0 fully saturated rings. The van der Waals surface area contributed by atoms with Crippen LogP contribution >= 0.6 is 0 Å². The lowest BCUT2D eigenvalue weighted by molar-refractivity contribution is 0.356. The van der Waals surface area contributed by atoms with Gasteiger partial charge in [-0.3, -0.25) is 9.78 Å². The van der Waals surface area contributed by atoms with Gasteiger partial charge in [0.1, 0.15) is 0 Å². The minimum absolute atomic E-state index is 0. The second kappa shape index (κ2) is 11.4. The van der Waals surface area contributed by atoms with Crippen LogP contribution in [0.1, 0.15) is 56.6 Å². The Morgan fingerprint density at radius 3 is 2.11 bits per heavy atom. The van der Waals surface area contributed by atoms with E-state index in [0.717, 1.165) is 58.8 Å². The molecule has 0 amide bonds. The van der Waals surface area contributed by atoms with E-state index in [0.29, 0.717) is 29.0 Å². The predicted molar refractivity (Wildman–Crippen MR) is 143 cm³/mol. The fourth-order valence-corrected chi connectivity index (χ4v) is 4.62. The van der Waals surface area contributed by atoms with E-state index in [1.54, 1.807) is 20.3 Å². The number of fused-ring (bicyclic) bond motifs is 2. The highest BCUT2D eigenvalue weighted by Gasteiger charge is 2.18. The maximum Gasteiger partial charge on any atom is 0.252 e. The van der Waals surface area contributed by atoms with Gasteiger partial charge in [-0.2, -0.15) is 0 Å². The molecule has 0 aliphatic rings. The highest BCUT2D eigenvalue weighted by molar-refractivity contribution is 5.91. The molecule has 2 aromatic heterocycles. The molecule has 6 nitrogen and oxygen atoms in total. The normalized spacial score (nSPS) is 10.9. The number of halogens is 1. The molecule has 0 saturated carbocycles. The number of nitrogens with zero attached hydrogens (tertiary/aromatic N) is 1. The molecular formula is C29H35FN2O4. The quantitative estimate of drug-likeness (QED) is 0.293. The van der Waals surface area contributed by atoms with E-state index in [1.165, 1.54) is 13.2 Å². The molecule has 0 saturated heterocycles. The number of aryl methyl sites for hydroxylation is 2. The molecule has 0 spiro atoms. The third kappa shape index (κ3) is 5.01. The standard InChI is InChI=1S/C28H31FN2O4.CH4/c1-6-8-22-16(10-17-12-25(33-3)21(29)15-24(17)30-22)11-20-18-13-26(34-4)27(35-5)14-19(18)23(9-7-2)31-28(20)32;/h10,12-15H,6-9,11H2,1-5H3,(H,31,32);1H4. The van der Waals surface area contributed by atoms with Gasteiger partial charge in [0.25, 0.3) is 5.56 Å². The van der Waals surface area contributed by atoms with Crippen molar-refractivity contribution in [2.75, 3.05) is 21.3 Å². The van der Waals surface area contributed by atoms with E-state index in [4.69, 9.17) is 19.2 Å². The van der Waals surface area contributed by atoms with Crippen molar-refractivity contribution in [3.63, 3.8) is 0 Å². The Labute approximate surface area is 211 Å². The van der Waals surface area contributed by atoms with Gasteiger partial charge < -0.3 is 19.2 Å². The number of rotatable bonds is 9. The van der Waals surface area contributed by atoms with E-state index < -0.39 is 5.82 Å². The van der Waals surface area contributed by atoms with Crippen molar-refractivity contribution in [1.82, 2.24) is 9.97 Å². The molecule has 0 bridgehead atoms. The van der Waals surface area contributed by atoms with Crippen LogP contribution in [-0.4, -0.2) is 31.3 Å². The number of aromatic amines is 1. The van der Waals surface area contributed by atoms with E-state index in [-0.39, 0.29) is 18.7 Å². The summed E-state index contributed by atoms with van der Waals surface area (Å²) in [5.41, 5.74) is 3.73. The largest absolute Gasteiger partial charge is 0.494 e. The zero-order valence-electron chi connectivity index (χ0n) is 20.9. The van der Waals surface area contributed by atoms with Crippen molar-refractivity contribution in [2.24, 2.45) is 0 Å². The fraction of sp³-hybridized carbons (Fsp3) is 0.379. The first kappa shape index (κ1) is 27.0. The zero-order chi connectivity index (χ0) is 25.1. The first-order chi connectivity index (χ1) is 16.9. The zero-order valence-corrected chi connectivity index (χ0v) is 20.9. The lowest BCUT2D eigenvalue weighted by Crippen LogP contribution is -2.17. The minimum Gasteiger partial charge on any atom is -0.494 e. The number of ether oxygens (including phenoxy) is 3. The van der Waals surface area contributed by atoms with Crippen molar-refractivity contribution in [2.45, 2.75) is 53.4 Å². The summed E-state index contributed by atoms with van der Waals surface area (Å²) in [5, 5.41) is 2.53. The predicted octanol–water partition coefficient (Wildman–Crippen LogP) is 6.37. The van der Waals surface area contributed by atoms with Gasteiger partial charge in [0.15, 0.2) is 23.1 Å². The fourth-order valence-electron chi connectivity index (χ4n) is 4.62. The van der Waals surface area contributed by atoms with Crippen LogP contribution in [-0.2, 0) is 19.3 Å². The van der Waals surface area contributed by atoms with Crippen molar-refractivity contribution >= 4 is 21.7 Å². The molecule has 36 heavy (non-hydrogen) atoms. The molecule has 2 aromatic carbocycles. The average molecular weight is 495 g/mol. The SMILES string of the molecule is C.CCCc1nc2cc(F)c(OC)cc2cc1Cc1c(=O)[nH]c(CCC)c2cc(OC)c(OC)cc12. The Hall–Kier alpha value is -3.61. The Balaban J connectivity index is 0.00000361. The Morgan fingerprint density at radius 1 is 0.861 bits per heavy atom. The van der Waals surface area contributed by atoms with Crippen LogP contribution in [0.4, 0.5) is 4.39 Å². The van der Waals surface area contributed by atoms with E-state index in [1.807, 2.05) is 18.2 Å². The van der Waals surface area contributed by atoms with Crippen molar-refractivity contribution < 1.29 is 18.6 Å². The summed E-state index contributed by atoms with van der Waals surface area (Å²) in [6.45, 7) is 4.15. The minimum atomic E-state index is -0.447. The molecule has 0 unspecified atom stereocenters. The Kier molecular flexibility index (Phi) is 8.56. The number of methoxy groups -OCH3 is 3. The molecule has 0 aliphatic carbocycles. The number of benzene rings is 2. The van der Waals surface area contributed by atoms with E-state index in [2.05, 4.69) is 18.8 Å². The van der Waals surface area contributed by atoms with Crippen LogP contribution < -0.4 is 19.8 Å². The molecule has 192 valence electrons. The molecule has 1 N–H and O–H groups in total. The first-order valence-corrected chi connectivity index (χ1v) is 11.9. The van der Waals surface area contributed by atoms with Gasteiger partial charge in [-0.05, 0) is 48.1 Å². The molecule has 0 radical (unpaired) electrons. The first-order valence-electron chi connectivity index (χ1n) is 11.9. The van der Waals surface area contributed by atoms with Gasteiger partial charge in [0.05, 0.1) is 26.8 Å². The van der Waals surface area contributed by atoms with Crippen LogP contribution in [0, 0.1) is 5.82 Å². The van der Waals surface area contributed by atoms with Gasteiger partial charge in [-0.25, -0.2) is 4.39 Å². The number of H-pyrrole nitrogens is 1. The number of nitrogens with one attached hydrogen (secondary N) is 1. The number of aromatic nitrogens is 2. The van der Waals surface area contributed by atoms with Crippen molar-refractivity contribution in [3.8, 4) is 17.2 Å². The van der Waals surface area contributed by atoms with Crippen LogP contribution in [0.3, 0.4) is 0 Å². The summed E-state index contributed by atoms with van der Waals surface area (Å²) >= 11 is 0. The van der Waals surface area contributed by atoms with Crippen LogP contribution in [0.5, 0.6) is 17.2 Å². The molecule has 4 rings (SSSR count). The van der Waals surface area contributed by atoms with Gasteiger partial charge in [-0.1, -0.05) is 34.1 Å². The maximum atomic E-state index is 14.3. The summed E-state index contributed by atoms with van der Waals surface area (Å²) < 4.78 is 30.6. The molecule has 2 heterocycles. The monoisotopic (exact) mass is 494 g/mol. The van der Waals surface area contributed by atoms with E-state index >= 15 is 0 Å². The highest BCUT2D eigenvalue weighted by atomic mass is 19.1. The number of hydrogen-bond donors (Lipinski definition) is 1. The van der Waals surface area contributed by atoms with Crippen molar-refractivity contribution in [1.29, 1.82) is 0 Å². The second-order valence-corrected chi connectivity index (χ2v) is 8.61. The number of pyridine rings is 2. The smallest absolute Gasteiger partial charge is 0.252 e. The second-order valence-electron chi connectivity index (χ2n) is 8.61. The van der Waals surface area contributed by atoms with Gasteiger partial charge in [-0.15, -0.1) is 0 Å². The van der Waals surface area contributed by atoms with Gasteiger partial charge in [0.2, 0.25) is 0 Å². The topological polar surface area (TPSA) is 73.4 Å². The summed E-state index contributed by atoms with van der Waals surface area (Å²) in [4.78, 5) is 21.2. The Bertz CT molecular complexity index is 1450. The lowest BCUT2D eigenvalue weighted by Gasteiger charge is -2.16. The molecule has 4 aromatic rings. The van der Waals surface area contributed by atoms with Gasteiger partial charge >= 0.3 is 0 Å². The highest BCUT2D eigenvalue weighted by Crippen LogP contribution is 2.35. The van der Waals surface area contributed by atoms with E-state index in [9.17, 15) is 9.18 Å². The summed E-state index contributed by atoms with van der Waals surface area (Å²) in [6.07, 6.45) is 3.62. The molecular weight excluding hydrogens is 459 g/mol. The van der Waals surface area contributed by atoms with Crippen LogP contribution in [0.2, 0.25) is 0 Å². The summed E-state index contributed by atoms with van der Waals surface area (Å²) in [7, 11) is 4.63. The maximum absolute atomic E-state index is 14.3. The van der Waals surface area contributed by atoms with Crippen LogP contribution in [0.25, 0.3) is 21.7 Å². The molecule has 0 atom stereocenters. The summed E-state index contributed by atoms with van der Waals surface area (Å²) in [6, 6.07) is 8.84. The number of hydrogen-bond acceptors (Lipinski definition) is 5. The van der Waals surface area contributed by atoms with Crippen molar-refractivity contribution in [3.05, 3.63) is 69.0 Å². The third-order valence-corrected chi connectivity index (χ3v) is 6.32.